The lowest BCUT2D eigenvalue weighted by atomic mass is 10.1. The Morgan fingerprint density at radius 3 is 2.68 bits per heavy atom. The Kier molecular flexibility index (Phi) is 5.37. The minimum absolute atomic E-state index is 0.120. The molecule has 3 rings (SSSR count). The standard InChI is InChI=1S/C18H20N4O3/c23-15-8-16(20-11-15)18(25)21-9-12-3-5-14(6-4-12)22-17(24)13-2-1-7-19-10-13/h1-7,10,15-16,20,23H,8-9,11H2,(H,21,25)(H,22,24). The van der Waals surface area contributed by atoms with Crippen molar-refractivity contribution >= 4 is 17.5 Å². The second-order valence-electron chi connectivity index (χ2n) is 5.96. The third-order valence-electron chi connectivity index (χ3n) is 4.03. The number of aliphatic hydroxyl groups is 1. The maximum absolute atomic E-state index is 12.1. The van der Waals surface area contributed by atoms with Crippen LogP contribution >= 0.6 is 0 Å². The first-order valence-corrected chi connectivity index (χ1v) is 8.11. The van der Waals surface area contributed by atoms with Crippen LogP contribution in [0.5, 0.6) is 0 Å². The second-order valence-corrected chi connectivity index (χ2v) is 5.96. The van der Waals surface area contributed by atoms with E-state index >= 15 is 0 Å². The van der Waals surface area contributed by atoms with Crippen molar-refractivity contribution in [2.75, 3.05) is 11.9 Å². The number of β-amino-alcohol motifs (C(OH)–C–C–N with tert-alkyl or cyclic N) is 1. The molecule has 0 spiro atoms. The van der Waals surface area contributed by atoms with Crippen LogP contribution in [0.2, 0.25) is 0 Å². The van der Waals surface area contributed by atoms with Crippen LogP contribution < -0.4 is 16.0 Å². The highest BCUT2D eigenvalue weighted by atomic mass is 16.3. The highest BCUT2D eigenvalue weighted by molar-refractivity contribution is 6.04. The van der Waals surface area contributed by atoms with Gasteiger partial charge in [-0.05, 0) is 36.2 Å². The molecular weight excluding hydrogens is 320 g/mol. The smallest absolute Gasteiger partial charge is 0.257 e. The van der Waals surface area contributed by atoms with Crippen molar-refractivity contribution in [1.29, 1.82) is 0 Å². The summed E-state index contributed by atoms with van der Waals surface area (Å²) in [6.07, 6.45) is 3.10. The van der Waals surface area contributed by atoms with Gasteiger partial charge in [-0.1, -0.05) is 12.1 Å². The van der Waals surface area contributed by atoms with Crippen molar-refractivity contribution in [1.82, 2.24) is 15.6 Å². The number of amides is 2. The molecule has 2 amide bonds. The number of nitrogens with zero attached hydrogens (tertiary/aromatic N) is 1. The van der Waals surface area contributed by atoms with Crippen molar-refractivity contribution in [3.63, 3.8) is 0 Å². The van der Waals surface area contributed by atoms with Crippen LogP contribution in [0.1, 0.15) is 22.3 Å². The number of anilines is 1. The summed E-state index contributed by atoms with van der Waals surface area (Å²) in [5, 5.41) is 18.0. The van der Waals surface area contributed by atoms with E-state index in [0.29, 0.717) is 30.8 Å². The van der Waals surface area contributed by atoms with E-state index in [-0.39, 0.29) is 17.9 Å². The average Bonchev–Trinajstić information content (AvgIpc) is 3.08. The van der Waals surface area contributed by atoms with Crippen molar-refractivity contribution < 1.29 is 14.7 Å². The molecule has 1 saturated heterocycles. The molecule has 1 aliphatic rings. The lowest BCUT2D eigenvalue weighted by Gasteiger charge is -2.11. The first-order valence-electron chi connectivity index (χ1n) is 8.11. The van der Waals surface area contributed by atoms with Crippen molar-refractivity contribution in [3.05, 3.63) is 59.9 Å². The first-order chi connectivity index (χ1) is 12.1. The molecular formula is C18H20N4O3. The lowest BCUT2D eigenvalue weighted by Crippen LogP contribution is -2.39. The Labute approximate surface area is 145 Å². The largest absolute Gasteiger partial charge is 0.392 e. The molecule has 1 aliphatic heterocycles. The number of pyridine rings is 1. The fourth-order valence-electron chi connectivity index (χ4n) is 2.64. The Bertz CT molecular complexity index is 734. The van der Waals surface area contributed by atoms with E-state index in [4.69, 9.17) is 0 Å². The van der Waals surface area contributed by atoms with E-state index in [1.54, 1.807) is 30.5 Å². The van der Waals surface area contributed by atoms with Crippen LogP contribution in [0.25, 0.3) is 0 Å². The predicted molar refractivity (Wildman–Crippen MR) is 92.9 cm³/mol. The summed E-state index contributed by atoms with van der Waals surface area (Å²) in [6.45, 7) is 0.841. The summed E-state index contributed by atoms with van der Waals surface area (Å²) in [5.41, 5.74) is 2.08. The van der Waals surface area contributed by atoms with Gasteiger partial charge in [0.2, 0.25) is 5.91 Å². The number of benzene rings is 1. The van der Waals surface area contributed by atoms with Gasteiger partial charge >= 0.3 is 0 Å². The topological polar surface area (TPSA) is 103 Å². The van der Waals surface area contributed by atoms with E-state index in [2.05, 4.69) is 20.9 Å². The third kappa shape index (κ3) is 4.62. The predicted octanol–water partition coefficient (Wildman–Crippen LogP) is 0.673. The fourth-order valence-corrected chi connectivity index (χ4v) is 2.64. The van der Waals surface area contributed by atoms with Crippen LogP contribution in [-0.2, 0) is 11.3 Å². The van der Waals surface area contributed by atoms with Crippen LogP contribution in [0, 0.1) is 0 Å². The SMILES string of the molecule is O=C(Nc1ccc(CNC(=O)C2CC(O)CN2)cc1)c1cccnc1. The number of hydrogen-bond donors (Lipinski definition) is 4. The summed E-state index contributed by atoms with van der Waals surface area (Å²) >= 11 is 0. The maximum Gasteiger partial charge on any atom is 0.257 e. The summed E-state index contributed by atoms with van der Waals surface area (Å²) in [5.74, 6) is -0.342. The molecule has 1 aromatic heterocycles. The molecule has 0 bridgehead atoms. The second kappa shape index (κ2) is 7.87. The monoisotopic (exact) mass is 340 g/mol. The molecule has 2 unspecified atom stereocenters. The van der Waals surface area contributed by atoms with Gasteiger partial charge in [0.1, 0.15) is 0 Å². The number of rotatable bonds is 5. The molecule has 2 atom stereocenters. The third-order valence-corrected chi connectivity index (χ3v) is 4.03. The number of carbonyl (C=O) groups excluding carboxylic acids is 2. The summed E-state index contributed by atoms with van der Waals surface area (Å²) in [7, 11) is 0. The van der Waals surface area contributed by atoms with Gasteiger partial charge in [0.15, 0.2) is 0 Å². The van der Waals surface area contributed by atoms with Gasteiger partial charge in [-0.15, -0.1) is 0 Å². The lowest BCUT2D eigenvalue weighted by molar-refractivity contribution is -0.123. The van der Waals surface area contributed by atoms with Crippen LogP contribution in [0.3, 0.4) is 0 Å². The van der Waals surface area contributed by atoms with Gasteiger partial charge < -0.3 is 21.1 Å². The average molecular weight is 340 g/mol. The number of nitrogens with one attached hydrogen (secondary N) is 3. The molecule has 1 fully saturated rings. The molecule has 7 nitrogen and oxygen atoms in total. The van der Waals surface area contributed by atoms with Crippen LogP contribution in [0.4, 0.5) is 5.69 Å². The molecule has 4 N–H and O–H groups in total. The Morgan fingerprint density at radius 2 is 2.04 bits per heavy atom. The van der Waals surface area contributed by atoms with Gasteiger partial charge in [0.05, 0.1) is 17.7 Å². The first kappa shape index (κ1) is 17.1. The van der Waals surface area contributed by atoms with Crippen LogP contribution in [0.15, 0.2) is 48.8 Å². The van der Waals surface area contributed by atoms with Gasteiger partial charge in [-0.2, -0.15) is 0 Å². The van der Waals surface area contributed by atoms with Gasteiger partial charge in [-0.25, -0.2) is 0 Å². The van der Waals surface area contributed by atoms with E-state index in [1.165, 1.54) is 6.20 Å². The zero-order valence-electron chi connectivity index (χ0n) is 13.6. The summed E-state index contributed by atoms with van der Waals surface area (Å²) < 4.78 is 0. The van der Waals surface area contributed by atoms with Crippen molar-refractivity contribution in [3.8, 4) is 0 Å². The Hall–Kier alpha value is -2.77. The molecule has 2 heterocycles. The maximum atomic E-state index is 12.1. The normalized spacial score (nSPS) is 19.4. The van der Waals surface area contributed by atoms with Gasteiger partial charge in [0.25, 0.3) is 5.91 Å². The minimum Gasteiger partial charge on any atom is -0.392 e. The minimum atomic E-state index is -0.460. The zero-order valence-corrected chi connectivity index (χ0v) is 13.6. The number of aliphatic hydroxyl groups excluding tert-OH is 1. The quantitative estimate of drug-likeness (QED) is 0.641. The highest BCUT2D eigenvalue weighted by Gasteiger charge is 2.27. The van der Waals surface area contributed by atoms with Crippen molar-refractivity contribution in [2.45, 2.75) is 25.1 Å². The summed E-state index contributed by atoms with van der Waals surface area (Å²) in [4.78, 5) is 28.0. The van der Waals surface area contributed by atoms with E-state index in [0.717, 1.165) is 5.56 Å². The Morgan fingerprint density at radius 1 is 1.24 bits per heavy atom. The molecule has 0 aliphatic carbocycles. The van der Waals surface area contributed by atoms with Gasteiger partial charge in [0, 0.05) is 31.2 Å². The molecule has 25 heavy (non-hydrogen) atoms. The number of aromatic nitrogens is 1. The molecule has 0 radical (unpaired) electrons. The highest BCUT2D eigenvalue weighted by Crippen LogP contribution is 2.12. The van der Waals surface area contributed by atoms with Gasteiger partial charge in [-0.3, -0.25) is 14.6 Å². The van der Waals surface area contributed by atoms with E-state index < -0.39 is 6.10 Å². The molecule has 1 aromatic carbocycles. The molecule has 130 valence electrons. The van der Waals surface area contributed by atoms with Crippen molar-refractivity contribution in [2.24, 2.45) is 0 Å². The van der Waals surface area contributed by atoms with Crippen LogP contribution in [-0.4, -0.2) is 40.6 Å². The molecule has 0 saturated carbocycles. The van der Waals surface area contributed by atoms with E-state index in [9.17, 15) is 14.7 Å². The fraction of sp³-hybridized carbons (Fsp3) is 0.278. The summed E-state index contributed by atoms with van der Waals surface area (Å²) in [6, 6.07) is 10.3. The molecule has 2 aromatic rings. The number of hydrogen-bond acceptors (Lipinski definition) is 5. The number of carbonyl (C=O) groups is 2. The molecule has 7 heteroatoms. The zero-order chi connectivity index (χ0) is 17.6. The van der Waals surface area contributed by atoms with E-state index in [1.807, 2.05) is 12.1 Å². The Balaban J connectivity index is 1.50.